The number of carbonyl (C=O) groups excluding carboxylic acids is 1. The van der Waals surface area contributed by atoms with Crippen molar-refractivity contribution in [1.29, 1.82) is 5.26 Å². The molecule has 0 saturated heterocycles. The fourth-order valence-electron chi connectivity index (χ4n) is 2.23. The molecule has 0 radical (unpaired) electrons. The highest BCUT2D eigenvalue weighted by Crippen LogP contribution is 2.24. The van der Waals surface area contributed by atoms with E-state index in [-0.39, 0.29) is 17.9 Å². The van der Waals surface area contributed by atoms with Crippen LogP contribution in [0.3, 0.4) is 0 Å². The minimum absolute atomic E-state index is 0.137. The molecule has 0 heterocycles. The number of rotatable bonds is 4. The second-order valence-corrected chi connectivity index (χ2v) is 4.44. The van der Waals surface area contributed by atoms with Crippen molar-refractivity contribution in [3.05, 3.63) is 0 Å². The maximum Gasteiger partial charge on any atom is 0.225 e. The van der Waals surface area contributed by atoms with Crippen LogP contribution in [0.15, 0.2) is 0 Å². The van der Waals surface area contributed by atoms with Crippen molar-refractivity contribution in [3.63, 3.8) is 0 Å². The Labute approximate surface area is 97.4 Å². The molecular weight excluding hydrogens is 202 g/mol. The molecule has 0 bridgehead atoms. The Kier molecular flexibility index (Phi) is 5.27. The lowest BCUT2D eigenvalue weighted by molar-refractivity contribution is -0.136. The molecule has 16 heavy (non-hydrogen) atoms. The number of amides is 1. The summed E-state index contributed by atoms with van der Waals surface area (Å²) in [4.78, 5) is 13.9. The molecule has 1 amide bonds. The van der Waals surface area contributed by atoms with Crippen molar-refractivity contribution < 1.29 is 4.79 Å². The van der Waals surface area contributed by atoms with Crippen LogP contribution in [0.2, 0.25) is 0 Å². The van der Waals surface area contributed by atoms with Crippen molar-refractivity contribution in [2.45, 2.75) is 45.1 Å². The highest BCUT2D eigenvalue weighted by atomic mass is 16.2. The molecule has 0 aromatic rings. The van der Waals surface area contributed by atoms with Crippen molar-refractivity contribution in [2.24, 2.45) is 11.7 Å². The summed E-state index contributed by atoms with van der Waals surface area (Å²) in [6, 6.07) is 2.36. The molecule has 4 nitrogen and oxygen atoms in total. The van der Waals surface area contributed by atoms with E-state index in [0.29, 0.717) is 19.5 Å². The summed E-state index contributed by atoms with van der Waals surface area (Å²) >= 11 is 0. The summed E-state index contributed by atoms with van der Waals surface area (Å²) < 4.78 is 0. The Morgan fingerprint density at radius 3 is 2.56 bits per heavy atom. The SMILES string of the molecule is CCN(CCC#N)C(=O)C1CCC(N)CC1. The van der Waals surface area contributed by atoms with Gasteiger partial charge in [-0.1, -0.05) is 0 Å². The third-order valence-corrected chi connectivity index (χ3v) is 3.31. The standard InChI is InChI=1S/C12H21N3O/c1-2-15(9-3-8-13)12(16)10-4-6-11(14)7-5-10/h10-11H,2-7,9,14H2,1H3. The fourth-order valence-corrected chi connectivity index (χ4v) is 2.23. The third-order valence-electron chi connectivity index (χ3n) is 3.31. The molecule has 2 N–H and O–H groups in total. The van der Waals surface area contributed by atoms with E-state index in [1.807, 2.05) is 6.92 Å². The highest BCUT2D eigenvalue weighted by Gasteiger charge is 2.27. The summed E-state index contributed by atoms with van der Waals surface area (Å²) in [6.07, 6.45) is 4.14. The average Bonchev–Trinajstić information content (AvgIpc) is 2.30. The minimum atomic E-state index is 0.137. The van der Waals surface area contributed by atoms with E-state index in [0.717, 1.165) is 25.7 Å². The van der Waals surface area contributed by atoms with Gasteiger partial charge in [-0.25, -0.2) is 0 Å². The first-order valence-corrected chi connectivity index (χ1v) is 6.10. The quantitative estimate of drug-likeness (QED) is 0.780. The van der Waals surface area contributed by atoms with Crippen molar-refractivity contribution in [2.75, 3.05) is 13.1 Å². The van der Waals surface area contributed by atoms with Gasteiger partial charge in [0.1, 0.15) is 0 Å². The van der Waals surface area contributed by atoms with Crippen LogP contribution in [0.5, 0.6) is 0 Å². The molecule has 1 saturated carbocycles. The van der Waals surface area contributed by atoms with E-state index in [4.69, 9.17) is 11.0 Å². The summed E-state index contributed by atoms with van der Waals surface area (Å²) in [5.74, 6) is 0.350. The van der Waals surface area contributed by atoms with Crippen LogP contribution in [0, 0.1) is 17.2 Å². The van der Waals surface area contributed by atoms with Gasteiger partial charge < -0.3 is 10.6 Å². The average molecular weight is 223 g/mol. The molecule has 0 unspecified atom stereocenters. The van der Waals surface area contributed by atoms with Crippen molar-refractivity contribution in [1.82, 2.24) is 4.90 Å². The number of carbonyl (C=O) groups is 1. The molecule has 0 aromatic heterocycles. The predicted molar refractivity (Wildman–Crippen MR) is 62.4 cm³/mol. The lowest BCUT2D eigenvalue weighted by atomic mass is 9.85. The molecule has 0 atom stereocenters. The van der Waals surface area contributed by atoms with Gasteiger partial charge in [-0.15, -0.1) is 0 Å². The largest absolute Gasteiger partial charge is 0.342 e. The van der Waals surface area contributed by atoms with E-state index >= 15 is 0 Å². The van der Waals surface area contributed by atoms with E-state index < -0.39 is 0 Å². The van der Waals surface area contributed by atoms with Crippen LogP contribution < -0.4 is 5.73 Å². The first-order valence-electron chi connectivity index (χ1n) is 6.10. The van der Waals surface area contributed by atoms with E-state index in [1.165, 1.54) is 0 Å². The number of nitriles is 1. The minimum Gasteiger partial charge on any atom is -0.342 e. The summed E-state index contributed by atoms with van der Waals surface area (Å²) in [5, 5.41) is 8.53. The highest BCUT2D eigenvalue weighted by molar-refractivity contribution is 5.78. The summed E-state index contributed by atoms with van der Waals surface area (Å²) in [6.45, 7) is 3.22. The molecule has 0 aromatic carbocycles. The van der Waals surface area contributed by atoms with Gasteiger partial charge in [0.2, 0.25) is 5.91 Å². The predicted octanol–water partition coefficient (Wildman–Crippen LogP) is 1.27. The lowest BCUT2D eigenvalue weighted by Gasteiger charge is -2.30. The smallest absolute Gasteiger partial charge is 0.225 e. The van der Waals surface area contributed by atoms with Crippen molar-refractivity contribution >= 4 is 5.91 Å². The van der Waals surface area contributed by atoms with Crippen molar-refractivity contribution in [3.8, 4) is 6.07 Å². The third kappa shape index (κ3) is 3.49. The van der Waals surface area contributed by atoms with Gasteiger partial charge in [0.15, 0.2) is 0 Å². The number of hydrogen-bond acceptors (Lipinski definition) is 3. The van der Waals surface area contributed by atoms with Crippen LogP contribution in [0.1, 0.15) is 39.0 Å². The van der Waals surface area contributed by atoms with Gasteiger partial charge in [0, 0.05) is 25.0 Å². The van der Waals surface area contributed by atoms with Crippen LogP contribution in [0.4, 0.5) is 0 Å². The van der Waals surface area contributed by atoms with Gasteiger partial charge in [0.05, 0.1) is 12.5 Å². The maximum atomic E-state index is 12.1. The van der Waals surface area contributed by atoms with Crippen LogP contribution in [-0.4, -0.2) is 29.9 Å². The Morgan fingerprint density at radius 1 is 1.44 bits per heavy atom. The maximum absolute atomic E-state index is 12.1. The van der Waals surface area contributed by atoms with Gasteiger partial charge in [-0.3, -0.25) is 4.79 Å². The first kappa shape index (κ1) is 13.0. The zero-order valence-corrected chi connectivity index (χ0v) is 9.98. The second-order valence-electron chi connectivity index (χ2n) is 4.44. The zero-order chi connectivity index (χ0) is 12.0. The molecule has 0 aliphatic heterocycles. The lowest BCUT2D eigenvalue weighted by Crippen LogP contribution is -2.39. The molecule has 90 valence electrons. The molecule has 0 spiro atoms. The summed E-state index contributed by atoms with van der Waals surface area (Å²) in [5.41, 5.74) is 5.82. The van der Waals surface area contributed by atoms with Crippen LogP contribution in [-0.2, 0) is 4.79 Å². The molecule has 1 aliphatic carbocycles. The van der Waals surface area contributed by atoms with Gasteiger partial charge in [0.25, 0.3) is 0 Å². The van der Waals surface area contributed by atoms with E-state index in [2.05, 4.69) is 6.07 Å². The summed E-state index contributed by atoms with van der Waals surface area (Å²) in [7, 11) is 0. The zero-order valence-electron chi connectivity index (χ0n) is 9.98. The normalized spacial score (nSPS) is 24.8. The number of hydrogen-bond donors (Lipinski definition) is 1. The second kappa shape index (κ2) is 6.49. The Morgan fingerprint density at radius 2 is 2.06 bits per heavy atom. The molecule has 1 rings (SSSR count). The molecule has 1 aliphatic rings. The number of nitrogens with two attached hydrogens (primary N) is 1. The molecular formula is C12H21N3O. The molecule has 1 fully saturated rings. The van der Waals surface area contributed by atoms with Gasteiger partial charge in [-0.2, -0.15) is 5.26 Å². The Hall–Kier alpha value is -1.08. The monoisotopic (exact) mass is 223 g/mol. The van der Waals surface area contributed by atoms with E-state index in [9.17, 15) is 4.79 Å². The first-order chi connectivity index (χ1) is 7.69. The van der Waals surface area contributed by atoms with Gasteiger partial charge >= 0.3 is 0 Å². The number of nitrogens with zero attached hydrogens (tertiary/aromatic N) is 2. The molecule has 4 heteroatoms. The fraction of sp³-hybridized carbons (Fsp3) is 0.833. The van der Waals surface area contributed by atoms with Crippen LogP contribution in [0.25, 0.3) is 0 Å². The Bertz CT molecular complexity index is 264. The van der Waals surface area contributed by atoms with E-state index in [1.54, 1.807) is 4.90 Å². The van der Waals surface area contributed by atoms with Gasteiger partial charge in [-0.05, 0) is 32.6 Å². The van der Waals surface area contributed by atoms with Crippen LogP contribution >= 0.6 is 0 Å². The topological polar surface area (TPSA) is 70.1 Å². The Balaban J connectivity index is 2.45.